The molecule has 0 saturated heterocycles. The Morgan fingerprint density at radius 1 is 1.26 bits per heavy atom. The second-order valence-electron chi connectivity index (χ2n) is 4.63. The van der Waals surface area contributed by atoms with E-state index in [4.69, 9.17) is 4.74 Å². The fourth-order valence-corrected chi connectivity index (χ4v) is 3.16. The Bertz CT molecular complexity index is 509. The molecule has 1 unspecified atom stereocenters. The summed E-state index contributed by atoms with van der Waals surface area (Å²) in [5, 5.41) is 4.31. The summed E-state index contributed by atoms with van der Waals surface area (Å²) < 4.78 is 5.18. The van der Waals surface area contributed by atoms with Crippen LogP contribution in [-0.4, -0.2) is 17.4 Å². The Labute approximate surface area is 127 Å². The van der Waals surface area contributed by atoms with Crippen LogP contribution in [0.15, 0.2) is 29.6 Å². The molecule has 0 aliphatic carbocycles. The fourth-order valence-electron chi connectivity index (χ4n) is 2.07. The third-order valence-electron chi connectivity index (χ3n) is 3.07. The SMILES string of the molecule is COc1ccc(CC(CBr)Cc2csc(C)n2)cc1. The molecule has 0 saturated carbocycles. The van der Waals surface area contributed by atoms with Crippen molar-refractivity contribution in [3.05, 3.63) is 45.9 Å². The van der Waals surface area contributed by atoms with Gasteiger partial charge < -0.3 is 4.74 Å². The van der Waals surface area contributed by atoms with E-state index in [1.54, 1.807) is 18.4 Å². The number of hydrogen-bond acceptors (Lipinski definition) is 3. The first kappa shape index (κ1) is 14.5. The summed E-state index contributed by atoms with van der Waals surface area (Å²) in [6.45, 7) is 2.06. The van der Waals surface area contributed by atoms with Gasteiger partial charge in [0, 0.05) is 10.7 Å². The molecule has 1 aromatic heterocycles. The van der Waals surface area contributed by atoms with Crippen LogP contribution >= 0.6 is 27.3 Å². The van der Waals surface area contributed by atoms with Crippen LogP contribution < -0.4 is 4.74 Å². The van der Waals surface area contributed by atoms with Gasteiger partial charge in [-0.3, -0.25) is 0 Å². The summed E-state index contributed by atoms with van der Waals surface area (Å²) in [6, 6.07) is 8.32. The molecule has 0 radical (unpaired) electrons. The Balaban J connectivity index is 1.97. The fraction of sp³-hybridized carbons (Fsp3) is 0.400. The third kappa shape index (κ3) is 4.32. The molecule has 0 bridgehead atoms. The highest BCUT2D eigenvalue weighted by Crippen LogP contribution is 2.20. The molecule has 0 amide bonds. The minimum Gasteiger partial charge on any atom is -0.497 e. The van der Waals surface area contributed by atoms with E-state index in [2.05, 4.69) is 45.4 Å². The van der Waals surface area contributed by atoms with E-state index in [0.717, 1.165) is 28.9 Å². The Kier molecular flexibility index (Phi) is 5.40. The van der Waals surface area contributed by atoms with Crippen LogP contribution in [0, 0.1) is 12.8 Å². The summed E-state index contributed by atoms with van der Waals surface area (Å²) >= 11 is 5.34. The van der Waals surface area contributed by atoms with Gasteiger partial charge in [-0.25, -0.2) is 4.98 Å². The zero-order valence-electron chi connectivity index (χ0n) is 11.2. The van der Waals surface area contributed by atoms with Gasteiger partial charge in [-0.1, -0.05) is 28.1 Å². The highest BCUT2D eigenvalue weighted by Gasteiger charge is 2.11. The second-order valence-corrected chi connectivity index (χ2v) is 6.34. The minimum absolute atomic E-state index is 0.579. The van der Waals surface area contributed by atoms with Crippen molar-refractivity contribution >= 4 is 27.3 Å². The molecular weight excluding hydrogens is 322 g/mol. The number of thiazole rings is 1. The molecule has 0 spiro atoms. The van der Waals surface area contributed by atoms with Crippen molar-refractivity contribution in [1.29, 1.82) is 0 Å². The maximum Gasteiger partial charge on any atom is 0.118 e. The van der Waals surface area contributed by atoms with Crippen molar-refractivity contribution in [3.8, 4) is 5.75 Å². The predicted molar refractivity (Wildman–Crippen MR) is 84.5 cm³/mol. The van der Waals surface area contributed by atoms with Gasteiger partial charge in [-0.15, -0.1) is 11.3 Å². The Morgan fingerprint density at radius 3 is 2.53 bits per heavy atom. The number of aromatic nitrogens is 1. The number of alkyl halides is 1. The van der Waals surface area contributed by atoms with E-state index in [9.17, 15) is 0 Å². The normalized spacial score (nSPS) is 12.4. The van der Waals surface area contributed by atoms with E-state index in [1.165, 1.54) is 11.3 Å². The maximum atomic E-state index is 5.18. The lowest BCUT2D eigenvalue weighted by atomic mass is 9.97. The zero-order valence-corrected chi connectivity index (χ0v) is 13.6. The Morgan fingerprint density at radius 2 is 2.00 bits per heavy atom. The third-order valence-corrected chi connectivity index (χ3v) is 4.80. The van der Waals surface area contributed by atoms with Crippen LogP contribution in [0.5, 0.6) is 5.75 Å². The summed E-state index contributed by atoms with van der Waals surface area (Å²) in [5.74, 6) is 1.49. The lowest BCUT2D eigenvalue weighted by Crippen LogP contribution is -2.10. The number of aryl methyl sites for hydroxylation is 1. The maximum absolute atomic E-state index is 5.18. The van der Waals surface area contributed by atoms with Crippen molar-refractivity contribution in [3.63, 3.8) is 0 Å². The van der Waals surface area contributed by atoms with Gasteiger partial charge >= 0.3 is 0 Å². The quantitative estimate of drug-likeness (QED) is 0.733. The first-order chi connectivity index (χ1) is 9.21. The van der Waals surface area contributed by atoms with Crippen LogP contribution in [0.2, 0.25) is 0 Å². The first-order valence-corrected chi connectivity index (χ1v) is 8.31. The molecule has 102 valence electrons. The number of hydrogen-bond donors (Lipinski definition) is 0. The summed E-state index contributed by atoms with van der Waals surface area (Å²) in [4.78, 5) is 4.55. The van der Waals surface area contributed by atoms with Gasteiger partial charge in [0.15, 0.2) is 0 Å². The van der Waals surface area contributed by atoms with Gasteiger partial charge in [-0.2, -0.15) is 0 Å². The molecule has 2 rings (SSSR count). The molecule has 1 aromatic carbocycles. The lowest BCUT2D eigenvalue weighted by Gasteiger charge is -2.13. The van der Waals surface area contributed by atoms with E-state index < -0.39 is 0 Å². The zero-order chi connectivity index (χ0) is 13.7. The van der Waals surface area contributed by atoms with Gasteiger partial charge in [-0.05, 0) is 43.4 Å². The van der Waals surface area contributed by atoms with Gasteiger partial charge in [0.25, 0.3) is 0 Å². The predicted octanol–water partition coefficient (Wildman–Crippen LogP) is 4.26. The van der Waals surface area contributed by atoms with Crippen LogP contribution in [0.4, 0.5) is 0 Å². The first-order valence-electron chi connectivity index (χ1n) is 6.31. The number of benzene rings is 1. The van der Waals surface area contributed by atoms with Crippen LogP contribution in [-0.2, 0) is 12.8 Å². The van der Waals surface area contributed by atoms with E-state index >= 15 is 0 Å². The highest BCUT2D eigenvalue weighted by molar-refractivity contribution is 9.09. The molecule has 0 N–H and O–H groups in total. The summed E-state index contributed by atoms with van der Waals surface area (Å²) in [6.07, 6.45) is 2.09. The second kappa shape index (κ2) is 7.06. The number of rotatable bonds is 6. The Hall–Kier alpha value is -0.870. The number of ether oxygens (including phenoxy) is 1. The monoisotopic (exact) mass is 339 g/mol. The van der Waals surface area contributed by atoms with E-state index in [-0.39, 0.29) is 0 Å². The number of nitrogens with zero attached hydrogens (tertiary/aromatic N) is 1. The van der Waals surface area contributed by atoms with Crippen LogP contribution in [0.1, 0.15) is 16.3 Å². The van der Waals surface area contributed by atoms with Crippen molar-refractivity contribution in [2.24, 2.45) is 5.92 Å². The molecular formula is C15H18BrNOS. The number of halogens is 1. The molecule has 2 aromatic rings. The standard InChI is InChI=1S/C15H18BrNOS/c1-11-17-14(10-19-11)8-13(9-16)7-12-3-5-15(18-2)6-4-12/h3-6,10,13H,7-9H2,1-2H3. The van der Waals surface area contributed by atoms with Crippen LogP contribution in [0.3, 0.4) is 0 Å². The molecule has 0 aliphatic heterocycles. The topological polar surface area (TPSA) is 22.1 Å². The van der Waals surface area contributed by atoms with Crippen molar-refractivity contribution in [1.82, 2.24) is 4.98 Å². The number of methoxy groups -OCH3 is 1. The molecule has 0 fully saturated rings. The average molecular weight is 340 g/mol. The minimum atomic E-state index is 0.579. The smallest absolute Gasteiger partial charge is 0.118 e. The summed E-state index contributed by atoms with van der Waals surface area (Å²) in [5.41, 5.74) is 2.55. The summed E-state index contributed by atoms with van der Waals surface area (Å²) in [7, 11) is 1.70. The largest absolute Gasteiger partial charge is 0.497 e. The van der Waals surface area contributed by atoms with Crippen LogP contribution in [0.25, 0.3) is 0 Å². The molecule has 19 heavy (non-hydrogen) atoms. The van der Waals surface area contributed by atoms with Crippen molar-refractivity contribution in [2.45, 2.75) is 19.8 Å². The molecule has 4 heteroatoms. The van der Waals surface area contributed by atoms with Gasteiger partial charge in [0.2, 0.25) is 0 Å². The van der Waals surface area contributed by atoms with E-state index in [0.29, 0.717) is 5.92 Å². The van der Waals surface area contributed by atoms with Crippen molar-refractivity contribution < 1.29 is 4.74 Å². The van der Waals surface area contributed by atoms with Gasteiger partial charge in [0.05, 0.1) is 17.8 Å². The highest BCUT2D eigenvalue weighted by atomic mass is 79.9. The molecule has 1 atom stereocenters. The van der Waals surface area contributed by atoms with Gasteiger partial charge in [0.1, 0.15) is 5.75 Å². The lowest BCUT2D eigenvalue weighted by molar-refractivity contribution is 0.414. The average Bonchev–Trinajstić information content (AvgIpc) is 2.84. The molecule has 0 aliphatic rings. The molecule has 1 heterocycles. The molecule has 2 nitrogen and oxygen atoms in total. The van der Waals surface area contributed by atoms with Crippen molar-refractivity contribution in [2.75, 3.05) is 12.4 Å². The van der Waals surface area contributed by atoms with E-state index in [1.807, 2.05) is 12.1 Å².